The van der Waals surface area contributed by atoms with Gasteiger partial charge in [-0.05, 0) is 52.4 Å². The topological polar surface area (TPSA) is 63.6 Å². The average Bonchev–Trinajstić information content (AvgIpc) is 2.85. The zero-order valence-corrected chi connectivity index (χ0v) is 13.6. The van der Waals surface area contributed by atoms with Gasteiger partial charge in [0, 0.05) is 16.5 Å². The summed E-state index contributed by atoms with van der Waals surface area (Å²) in [6.45, 7) is 0. The second-order valence-corrected chi connectivity index (χ2v) is 6.58. The van der Waals surface area contributed by atoms with Crippen LogP contribution in [0.3, 0.4) is 0 Å². The number of hydrogen-bond donors (Lipinski definition) is 1. The third-order valence-corrected chi connectivity index (χ3v) is 4.86. The lowest BCUT2D eigenvalue weighted by Crippen LogP contribution is -2.24. The van der Waals surface area contributed by atoms with Crippen molar-refractivity contribution < 1.29 is 19.4 Å². The summed E-state index contributed by atoms with van der Waals surface area (Å²) < 4.78 is 5.81. The highest BCUT2D eigenvalue weighted by Crippen LogP contribution is 2.45. The Balaban J connectivity index is 2.17. The number of aliphatic carboxylic acids is 1. The number of ketones is 1. The van der Waals surface area contributed by atoms with Crippen LogP contribution >= 0.6 is 15.9 Å². The van der Waals surface area contributed by atoms with Crippen molar-refractivity contribution in [3.05, 3.63) is 28.2 Å². The molecule has 0 amide bonds. The smallest absolute Gasteiger partial charge is 0.303 e. The average molecular weight is 355 g/mol. The second-order valence-electron chi connectivity index (χ2n) is 5.72. The van der Waals surface area contributed by atoms with Crippen LogP contribution in [0.5, 0.6) is 5.75 Å². The lowest BCUT2D eigenvalue weighted by molar-refractivity contribution is -0.139. The van der Waals surface area contributed by atoms with Gasteiger partial charge in [-0.2, -0.15) is 0 Å². The molecule has 5 heteroatoms. The minimum absolute atomic E-state index is 0.00678. The summed E-state index contributed by atoms with van der Waals surface area (Å²) in [4.78, 5) is 23.6. The number of Topliss-reactive ketones (excluding diaryl/α,β-unsaturated/α-hetero) is 1. The Morgan fingerprint density at radius 3 is 2.48 bits per heavy atom. The molecular formula is C16H19BrO4. The monoisotopic (exact) mass is 354 g/mol. The molecular weight excluding hydrogens is 336 g/mol. The minimum Gasteiger partial charge on any atom is -0.497 e. The number of rotatable bonds is 6. The number of benzene rings is 1. The Labute approximate surface area is 132 Å². The van der Waals surface area contributed by atoms with E-state index >= 15 is 0 Å². The van der Waals surface area contributed by atoms with E-state index in [9.17, 15) is 9.59 Å². The lowest BCUT2D eigenvalue weighted by atomic mass is 9.77. The first kappa shape index (κ1) is 16.0. The van der Waals surface area contributed by atoms with Crippen LogP contribution in [0.2, 0.25) is 0 Å². The third-order valence-electron chi connectivity index (χ3n) is 4.20. The molecule has 1 saturated carbocycles. The van der Waals surface area contributed by atoms with Crippen LogP contribution in [0, 0.1) is 5.41 Å². The van der Waals surface area contributed by atoms with Crippen molar-refractivity contribution >= 4 is 27.7 Å². The van der Waals surface area contributed by atoms with Gasteiger partial charge in [0.2, 0.25) is 0 Å². The van der Waals surface area contributed by atoms with Crippen molar-refractivity contribution in [1.82, 2.24) is 0 Å². The molecule has 0 saturated heterocycles. The molecule has 1 aromatic rings. The highest BCUT2D eigenvalue weighted by molar-refractivity contribution is 9.10. The largest absolute Gasteiger partial charge is 0.497 e. The van der Waals surface area contributed by atoms with E-state index in [1.807, 2.05) is 0 Å². The van der Waals surface area contributed by atoms with E-state index in [-0.39, 0.29) is 17.6 Å². The number of ether oxygens (including phenoxy) is 1. The number of carboxylic acids is 1. The molecule has 0 bridgehead atoms. The van der Waals surface area contributed by atoms with Gasteiger partial charge in [-0.3, -0.25) is 9.59 Å². The summed E-state index contributed by atoms with van der Waals surface area (Å²) in [6, 6.07) is 5.23. The van der Waals surface area contributed by atoms with Gasteiger partial charge < -0.3 is 9.84 Å². The van der Waals surface area contributed by atoms with Gasteiger partial charge in [0.15, 0.2) is 5.78 Å². The second kappa shape index (κ2) is 6.60. The maximum Gasteiger partial charge on any atom is 0.303 e. The molecule has 1 aromatic carbocycles. The SMILES string of the molecule is COc1ccc(C(=O)CC2(CC(=O)O)CCCC2)c(Br)c1. The summed E-state index contributed by atoms with van der Waals surface area (Å²) in [5.74, 6) is -0.147. The van der Waals surface area contributed by atoms with E-state index < -0.39 is 5.97 Å². The van der Waals surface area contributed by atoms with Gasteiger partial charge in [0.1, 0.15) is 5.75 Å². The van der Waals surface area contributed by atoms with Gasteiger partial charge in [0.05, 0.1) is 13.5 Å². The molecule has 1 fully saturated rings. The zero-order chi connectivity index (χ0) is 15.5. The van der Waals surface area contributed by atoms with Gasteiger partial charge in [-0.1, -0.05) is 12.8 Å². The predicted molar refractivity (Wildman–Crippen MR) is 82.8 cm³/mol. The molecule has 1 aliphatic carbocycles. The first-order valence-electron chi connectivity index (χ1n) is 7.04. The summed E-state index contributed by atoms with van der Waals surface area (Å²) in [5.41, 5.74) is 0.218. The molecule has 2 rings (SSSR count). The summed E-state index contributed by atoms with van der Waals surface area (Å²) in [6.07, 6.45) is 4.02. The number of carbonyl (C=O) groups is 2. The fourth-order valence-electron chi connectivity index (χ4n) is 3.15. The summed E-state index contributed by atoms with van der Waals surface area (Å²) in [5, 5.41) is 9.11. The van der Waals surface area contributed by atoms with Crippen LogP contribution in [0.15, 0.2) is 22.7 Å². The molecule has 0 spiro atoms. The molecule has 21 heavy (non-hydrogen) atoms. The van der Waals surface area contributed by atoms with Crippen LogP contribution in [-0.4, -0.2) is 24.0 Å². The van der Waals surface area contributed by atoms with Gasteiger partial charge in [-0.15, -0.1) is 0 Å². The highest BCUT2D eigenvalue weighted by Gasteiger charge is 2.38. The van der Waals surface area contributed by atoms with Gasteiger partial charge >= 0.3 is 5.97 Å². The molecule has 4 nitrogen and oxygen atoms in total. The fraction of sp³-hybridized carbons (Fsp3) is 0.500. The number of halogens is 1. The third kappa shape index (κ3) is 3.84. The molecule has 114 valence electrons. The van der Waals surface area contributed by atoms with Crippen molar-refractivity contribution in [3.63, 3.8) is 0 Å². The van der Waals surface area contributed by atoms with Crippen LogP contribution in [0.25, 0.3) is 0 Å². The van der Waals surface area contributed by atoms with Crippen LogP contribution < -0.4 is 4.74 Å². The summed E-state index contributed by atoms with van der Waals surface area (Å²) in [7, 11) is 1.57. The Morgan fingerprint density at radius 2 is 1.95 bits per heavy atom. The number of hydrogen-bond acceptors (Lipinski definition) is 3. The van der Waals surface area contributed by atoms with Crippen molar-refractivity contribution in [2.45, 2.75) is 38.5 Å². The maximum atomic E-state index is 12.5. The van der Waals surface area contributed by atoms with Crippen molar-refractivity contribution in [1.29, 1.82) is 0 Å². The Bertz CT molecular complexity index is 547. The molecule has 0 radical (unpaired) electrons. The number of carbonyl (C=O) groups excluding carboxylic acids is 1. The van der Waals surface area contributed by atoms with Gasteiger partial charge in [0.25, 0.3) is 0 Å². The fourth-order valence-corrected chi connectivity index (χ4v) is 3.73. The normalized spacial score (nSPS) is 16.7. The highest BCUT2D eigenvalue weighted by atomic mass is 79.9. The molecule has 0 aromatic heterocycles. The molecule has 0 atom stereocenters. The number of methoxy groups -OCH3 is 1. The molecule has 0 unspecified atom stereocenters. The van der Waals surface area contributed by atoms with E-state index in [4.69, 9.17) is 9.84 Å². The Hall–Kier alpha value is -1.36. The van der Waals surface area contributed by atoms with Crippen LogP contribution in [0.1, 0.15) is 48.9 Å². The standard InChI is InChI=1S/C16H19BrO4/c1-21-11-4-5-12(13(17)8-11)14(18)9-16(10-15(19)20)6-2-3-7-16/h4-5,8H,2-3,6-7,9-10H2,1H3,(H,19,20). The first-order valence-corrected chi connectivity index (χ1v) is 7.84. The van der Waals surface area contributed by atoms with E-state index in [0.29, 0.717) is 22.2 Å². The minimum atomic E-state index is -0.821. The van der Waals surface area contributed by atoms with Crippen molar-refractivity contribution in [2.24, 2.45) is 5.41 Å². The van der Waals surface area contributed by atoms with E-state index in [1.54, 1.807) is 25.3 Å². The van der Waals surface area contributed by atoms with Gasteiger partial charge in [-0.25, -0.2) is 0 Å². The lowest BCUT2D eigenvalue weighted by Gasteiger charge is -2.26. The quantitative estimate of drug-likeness (QED) is 0.782. The molecule has 0 heterocycles. The number of carboxylic acid groups (broad SMARTS) is 1. The molecule has 0 aliphatic heterocycles. The van der Waals surface area contributed by atoms with E-state index in [0.717, 1.165) is 25.7 Å². The zero-order valence-electron chi connectivity index (χ0n) is 12.0. The Morgan fingerprint density at radius 1 is 1.29 bits per heavy atom. The molecule has 1 N–H and O–H groups in total. The van der Waals surface area contributed by atoms with E-state index in [1.165, 1.54) is 0 Å². The van der Waals surface area contributed by atoms with Crippen LogP contribution in [-0.2, 0) is 4.79 Å². The van der Waals surface area contributed by atoms with E-state index in [2.05, 4.69) is 15.9 Å². The Kier molecular flexibility index (Phi) is 5.04. The van der Waals surface area contributed by atoms with Crippen molar-refractivity contribution in [3.8, 4) is 5.75 Å². The summed E-state index contributed by atoms with van der Waals surface area (Å²) >= 11 is 3.39. The maximum absolute atomic E-state index is 12.5. The first-order chi connectivity index (χ1) is 9.96. The van der Waals surface area contributed by atoms with Crippen molar-refractivity contribution in [2.75, 3.05) is 7.11 Å². The molecule has 1 aliphatic rings. The predicted octanol–water partition coefficient (Wildman–Crippen LogP) is 4.07. The van der Waals surface area contributed by atoms with Crippen LogP contribution in [0.4, 0.5) is 0 Å².